The van der Waals surface area contributed by atoms with E-state index in [-0.39, 0.29) is 12.2 Å². The largest absolute Gasteiger partial charge is 0.375 e. The van der Waals surface area contributed by atoms with Crippen molar-refractivity contribution >= 4 is 23.2 Å². The molecule has 0 saturated heterocycles. The quantitative estimate of drug-likeness (QED) is 0.408. The van der Waals surface area contributed by atoms with Crippen LogP contribution in [-0.4, -0.2) is 18.4 Å². The molecular formula is C27H34OP+. The molecule has 0 amide bonds. The summed E-state index contributed by atoms with van der Waals surface area (Å²) in [5.74, 6) is 0.502. The molecule has 0 saturated carbocycles. The van der Waals surface area contributed by atoms with Crippen LogP contribution in [0.5, 0.6) is 0 Å². The molecule has 0 bridgehead atoms. The van der Waals surface area contributed by atoms with Gasteiger partial charge in [0.15, 0.2) is 0 Å². The van der Waals surface area contributed by atoms with Crippen molar-refractivity contribution in [3.05, 3.63) is 91.0 Å². The van der Waals surface area contributed by atoms with Gasteiger partial charge in [-0.3, -0.25) is 0 Å². The summed E-state index contributed by atoms with van der Waals surface area (Å²) >= 11 is 0. The van der Waals surface area contributed by atoms with Gasteiger partial charge in [0.1, 0.15) is 23.2 Å². The van der Waals surface area contributed by atoms with E-state index in [2.05, 4.69) is 119 Å². The van der Waals surface area contributed by atoms with Crippen molar-refractivity contribution in [2.45, 2.75) is 46.3 Å². The third-order valence-corrected chi connectivity index (χ3v) is 10.00. The van der Waals surface area contributed by atoms with Crippen molar-refractivity contribution < 1.29 is 4.74 Å². The summed E-state index contributed by atoms with van der Waals surface area (Å²) in [5.41, 5.74) is 0. The molecule has 0 N–H and O–H groups in total. The number of hydrogen-bond donors (Lipinski definition) is 0. The Hall–Kier alpha value is -1.95. The first-order chi connectivity index (χ1) is 14.0. The summed E-state index contributed by atoms with van der Waals surface area (Å²) in [6, 6.07) is 33.4. The van der Waals surface area contributed by atoms with E-state index in [1.807, 2.05) is 0 Å². The van der Waals surface area contributed by atoms with Crippen molar-refractivity contribution in [2.24, 2.45) is 5.92 Å². The number of benzene rings is 3. The average molecular weight is 406 g/mol. The minimum absolute atomic E-state index is 0.250. The van der Waals surface area contributed by atoms with Crippen molar-refractivity contribution in [1.29, 1.82) is 0 Å². The van der Waals surface area contributed by atoms with E-state index in [1.54, 1.807) is 0 Å². The molecule has 152 valence electrons. The highest BCUT2D eigenvalue weighted by Gasteiger charge is 2.45. The highest BCUT2D eigenvalue weighted by molar-refractivity contribution is 7.95. The lowest BCUT2D eigenvalue weighted by Gasteiger charge is -2.31. The summed E-state index contributed by atoms with van der Waals surface area (Å²) in [4.78, 5) is 0. The monoisotopic (exact) mass is 405 g/mol. The van der Waals surface area contributed by atoms with Gasteiger partial charge in [0.25, 0.3) is 0 Å². The lowest BCUT2D eigenvalue weighted by Crippen LogP contribution is -2.35. The van der Waals surface area contributed by atoms with Gasteiger partial charge in [0, 0.05) is 6.42 Å². The predicted molar refractivity (Wildman–Crippen MR) is 129 cm³/mol. The molecule has 0 aliphatic carbocycles. The van der Waals surface area contributed by atoms with Crippen LogP contribution >= 0.6 is 7.26 Å². The van der Waals surface area contributed by atoms with E-state index >= 15 is 0 Å². The molecule has 0 radical (unpaired) electrons. The van der Waals surface area contributed by atoms with Crippen LogP contribution in [-0.2, 0) is 4.74 Å². The molecule has 0 fully saturated rings. The van der Waals surface area contributed by atoms with Crippen LogP contribution in [0.15, 0.2) is 91.0 Å². The number of ether oxygens (including phenoxy) is 1. The van der Waals surface area contributed by atoms with Gasteiger partial charge in [-0.15, -0.1) is 0 Å². The molecule has 0 aromatic heterocycles. The maximum Gasteiger partial charge on any atom is 0.112 e. The predicted octanol–water partition coefficient (Wildman–Crippen LogP) is 5.82. The van der Waals surface area contributed by atoms with Crippen LogP contribution in [0, 0.1) is 5.92 Å². The first-order valence-electron chi connectivity index (χ1n) is 10.7. The van der Waals surface area contributed by atoms with Gasteiger partial charge in [0.2, 0.25) is 0 Å². The Bertz CT molecular complexity index is 747. The second kappa shape index (κ2) is 10.2. The maximum absolute atomic E-state index is 6.33. The highest BCUT2D eigenvalue weighted by atomic mass is 31.2. The van der Waals surface area contributed by atoms with Gasteiger partial charge in [-0.2, -0.15) is 0 Å². The SMILES string of the molecule is CC(C)O[C@@H](CC[P+](c1ccccc1)(c1ccccc1)c1ccccc1)C(C)C. The summed E-state index contributed by atoms with van der Waals surface area (Å²) in [7, 11) is -1.77. The molecule has 29 heavy (non-hydrogen) atoms. The standard InChI is InChI=1S/C27H34OP/c1-22(2)27(28-23(3)4)20-21-29(24-14-8-5-9-15-24,25-16-10-6-11-17-25)26-18-12-7-13-19-26/h5-19,22-23,27H,20-21H2,1-4H3/q+1/t27-/m0/s1. The van der Waals surface area contributed by atoms with Crippen molar-refractivity contribution in [1.82, 2.24) is 0 Å². The topological polar surface area (TPSA) is 9.23 Å². The number of hydrogen-bond acceptors (Lipinski definition) is 1. The Balaban J connectivity index is 2.12. The summed E-state index contributed by atoms with van der Waals surface area (Å²) in [5, 5.41) is 4.35. The van der Waals surface area contributed by atoms with Gasteiger partial charge in [-0.25, -0.2) is 0 Å². The minimum atomic E-state index is -1.77. The zero-order chi connectivity index (χ0) is 20.7. The van der Waals surface area contributed by atoms with Crippen LogP contribution in [0.25, 0.3) is 0 Å². The van der Waals surface area contributed by atoms with Gasteiger partial charge in [0.05, 0.1) is 18.4 Å². The van der Waals surface area contributed by atoms with Crippen LogP contribution in [0.3, 0.4) is 0 Å². The third-order valence-electron chi connectivity index (χ3n) is 5.53. The fraction of sp³-hybridized carbons (Fsp3) is 0.333. The summed E-state index contributed by atoms with van der Waals surface area (Å²) < 4.78 is 6.33. The lowest BCUT2D eigenvalue weighted by atomic mass is 10.1. The fourth-order valence-electron chi connectivity index (χ4n) is 4.11. The van der Waals surface area contributed by atoms with Gasteiger partial charge in [-0.05, 0) is 56.2 Å². The first-order valence-corrected chi connectivity index (χ1v) is 12.7. The smallest absolute Gasteiger partial charge is 0.112 e. The van der Waals surface area contributed by atoms with E-state index < -0.39 is 7.26 Å². The van der Waals surface area contributed by atoms with E-state index in [4.69, 9.17) is 4.74 Å². The molecule has 3 aromatic rings. The van der Waals surface area contributed by atoms with E-state index in [0.29, 0.717) is 5.92 Å². The maximum atomic E-state index is 6.33. The van der Waals surface area contributed by atoms with Gasteiger partial charge in [-0.1, -0.05) is 68.4 Å². The summed E-state index contributed by atoms with van der Waals surface area (Å²) in [6.07, 6.45) is 2.69. The Kier molecular flexibility index (Phi) is 7.64. The van der Waals surface area contributed by atoms with E-state index in [0.717, 1.165) is 12.6 Å². The molecule has 0 unspecified atom stereocenters. The third kappa shape index (κ3) is 5.16. The molecule has 3 rings (SSSR count). The fourth-order valence-corrected chi connectivity index (χ4v) is 8.47. The molecule has 2 heteroatoms. The second-order valence-electron chi connectivity index (χ2n) is 8.30. The van der Waals surface area contributed by atoms with E-state index in [9.17, 15) is 0 Å². The first kappa shape index (κ1) is 21.8. The molecule has 0 aliphatic heterocycles. The zero-order valence-electron chi connectivity index (χ0n) is 18.2. The molecule has 0 heterocycles. The second-order valence-corrected chi connectivity index (χ2v) is 11.9. The van der Waals surface area contributed by atoms with Crippen molar-refractivity contribution in [2.75, 3.05) is 6.16 Å². The molecule has 0 spiro atoms. The van der Waals surface area contributed by atoms with Crippen LogP contribution in [0.1, 0.15) is 34.1 Å². The highest BCUT2D eigenvalue weighted by Crippen LogP contribution is 2.56. The van der Waals surface area contributed by atoms with Crippen molar-refractivity contribution in [3.63, 3.8) is 0 Å². The van der Waals surface area contributed by atoms with Crippen LogP contribution < -0.4 is 15.9 Å². The molecule has 0 aliphatic rings. The Morgan fingerprint density at radius 1 is 0.621 bits per heavy atom. The van der Waals surface area contributed by atoms with Crippen LogP contribution in [0.2, 0.25) is 0 Å². The Morgan fingerprint density at radius 2 is 1.00 bits per heavy atom. The average Bonchev–Trinajstić information content (AvgIpc) is 2.75. The molecule has 1 nitrogen and oxygen atoms in total. The van der Waals surface area contributed by atoms with Crippen molar-refractivity contribution in [3.8, 4) is 0 Å². The number of rotatable bonds is 9. The molecular weight excluding hydrogens is 371 g/mol. The molecule has 1 atom stereocenters. The van der Waals surface area contributed by atoms with Gasteiger partial charge < -0.3 is 4.74 Å². The Labute approximate surface area is 177 Å². The Morgan fingerprint density at radius 3 is 1.31 bits per heavy atom. The zero-order valence-corrected chi connectivity index (χ0v) is 19.1. The molecule has 3 aromatic carbocycles. The normalized spacial score (nSPS) is 13.0. The lowest BCUT2D eigenvalue weighted by molar-refractivity contribution is -0.0192. The van der Waals surface area contributed by atoms with Crippen LogP contribution in [0.4, 0.5) is 0 Å². The van der Waals surface area contributed by atoms with Gasteiger partial charge >= 0.3 is 0 Å². The van der Waals surface area contributed by atoms with E-state index in [1.165, 1.54) is 15.9 Å². The summed E-state index contributed by atoms with van der Waals surface area (Å²) in [6.45, 7) is 8.84. The minimum Gasteiger partial charge on any atom is -0.375 e.